The lowest BCUT2D eigenvalue weighted by atomic mass is 10.0. The SMILES string of the molecule is CC(CS(=O)(=O)Cc1cn(C2CCOCC2)nn1)c1ccccc1. The van der Waals surface area contributed by atoms with Gasteiger partial charge in [0.15, 0.2) is 9.84 Å². The van der Waals surface area contributed by atoms with E-state index in [1.165, 1.54) is 0 Å². The Morgan fingerprint density at radius 2 is 1.96 bits per heavy atom. The smallest absolute Gasteiger partial charge is 0.156 e. The fourth-order valence-corrected chi connectivity index (χ4v) is 4.71. The molecule has 24 heavy (non-hydrogen) atoms. The average Bonchev–Trinajstić information content (AvgIpc) is 3.03. The Balaban J connectivity index is 1.63. The van der Waals surface area contributed by atoms with Crippen molar-refractivity contribution in [2.75, 3.05) is 19.0 Å². The highest BCUT2D eigenvalue weighted by molar-refractivity contribution is 7.90. The molecule has 0 bridgehead atoms. The first-order chi connectivity index (χ1) is 11.5. The van der Waals surface area contributed by atoms with Crippen molar-refractivity contribution in [1.82, 2.24) is 15.0 Å². The Hall–Kier alpha value is -1.73. The molecule has 0 N–H and O–H groups in total. The molecule has 7 heteroatoms. The maximum absolute atomic E-state index is 12.5. The van der Waals surface area contributed by atoms with E-state index in [2.05, 4.69) is 10.3 Å². The van der Waals surface area contributed by atoms with Gasteiger partial charge in [-0.3, -0.25) is 0 Å². The van der Waals surface area contributed by atoms with Gasteiger partial charge in [-0.1, -0.05) is 42.5 Å². The second kappa shape index (κ2) is 7.44. The van der Waals surface area contributed by atoms with Crippen molar-refractivity contribution in [3.63, 3.8) is 0 Å². The first kappa shape index (κ1) is 17.1. The Morgan fingerprint density at radius 1 is 1.25 bits per heavy atom. The van der Waals surface area contributed by atoms with Crippen LogP contribution in [0.1, 0.15) is 43.0 Å². The van der Waals surface area contributed by atoms with Crippen molar-refractivity contribution < 1.29 is 13.2 Å². The van der Waals surface area contributed by atoms with Crippen molar-refractivity contribution in [1.29, 1.82) is 0 Å². The fraction of sp³-hybridized carbons (Fsp3) is 0.529. The van der Waals surface area contributed by atoms with Crippen LogP contribution in [0.15, 0.2) is 36.5 Å². The van der Waals surface area contributed by atoms with Crippen molar-refractivity contribution in [2.24, 2.45) is 0 Å². The van der Waals surface area contributed by atoms with Gasteiger partial charge in [0.1, 0.15) is 0 Å². The van der Waals surface area contributed by atoms with Gasteiger partial charge in [0.2, 0.25) is 0 Å². The van der Waals surface area contributed by atoms with E-state index >= 15 is 0 Å². The Labute approximate surface area is 142 Å². The zero-order valence-corrected chi connectivity index (χ0v) is 14.7. The van der Waals surface area contributed by atoms with Crippen LogP contribution in [0.2, 0.25) is 0 Å². The lowest BCUT2D eigenvalue weighted by Crippen LogP contribution is -2.20. The van der Waals surface area contributed by atoms with E-state index in [1.807, 2.05) is 37.3 Å². The van der Waals surface area contributed by atoms with E-state index < -0.39 is 9.84 Å². The van der Waals surface area contributed by atoms with Gasteiger partial charge in [-0.2, -0.15) is 0 Å². The largest absolute Gasteiger partial charge is 0.381 e. The van der Waals surface area contributed by atoms with E-state index in [1.54, 1.807) is 10.9 Å². The number of benzene rings is 1. The van der Waals surface area contributed by atoms with E-state index in [4.69, 9.17) is 4.74 Å². The number of aromatic nitrogens is 3. The molecule has 0 spiro atoms. The molecule has 1 atom stereocenters. The minimum Gasteiger partial charge on any atom is -0.381 e. The molecule has 0 saturated carbocycles. The molecule has 1 saturated heterocycles. The van der Waals surface area contributed by atoms with Gasteiger partial charge in [0.25, 0.3) is 0 Å². The predicted octanol–water partition coefficient (Wildman–Crippen LogP) is 2.35. The minimum absolute atomic E-state index is 0.0401. The van der Waals surface area contributed by atoms with Crippen LogP contribution in [0.25, 0.3) is 0 Å². The molecule has 2 heterocycles. The Kier molecular flexibility index (Phi) is 5.30. The highest BCUT2D eigenvalue weighted by atomic mass is 32.2. The summed E-state index contributed by atoms with van der Waals surface area (Å²) >= 11 is 0. The summed E-state index contributed by atoms with van der Waals surface area (Å²) in [5.74, 6) is 0.0101. The van der Waals surface area contributed by atoms with Crippen LogP contribution in [-0.4, -0.2) is 42.4 Å². The van der Waals surface area contributed by atoms with Crippen molar-refractivity contribution in [3.05, 3.63) is 47.8 Å². The highest BCUT2D eigenvalue weighted by Gasteiger charge is 2.21. The molecule has 1 aromatic carbocycles. The molecule has 3 rings (SSSR count). The summed E-state index contributed by atoms with van der Waals surface area (Å²) in [7, 11) is -3.24. The molecule has 0 aliphatic carbocycles. The number of hydrogen-bond donors (Lipinski definition) is 0. The second-order valence-electron chi connectivity index (χ2n) is 6.40. The molecule has 1 fully saturated rings. The number of rotatable bonds is 6. The maximum atomic E-state index is 12.5. The van der Waals surface area contributed by atoms with Gasteiger partial charge in [-0.15, -0.1) is 5.10 Å². The van der Waals surface area contributed by atoms with Crippen molar-refractivity contribution in [2.45, 2.75) is 37.5 Å². The van der Waals surface area contributed by atoms with Gasteiger partial charge in [-0.25, -0.2) is 13.1 Å². The van der Waals surface area contributed by atoms with Crippen LogP contribution in [0.3, 0.4) is 0 Å². The van der Waals surface area contributed by atoms with Crippen LogP contribution in [0.4, 0.5) is 0 Å². The van der Waals surface area contributed by atoms with E-state index in [0.717, 1.165) is 18.4 Å². The topological polar surface area (TPSA) is 74.1 Å². The minimum atomic E-state index is -3.24. The molecular formula is C17H23N3O3S. The van der Waals surface area contributed by atoms with Crippen LogP contribution in [-0.2, 0) is 20.3 Å². The predicted molar refractivity (Wildman–Crippen MR) is 91.5 cm³/mol. The quantitative estimate of drug-likeness (QED) is 0.800. The second-order valence-corrected chi connectivity index (χ2v) is 8.51. The summed E-state index contributed by atoms with van der Waals surface area (Å²) in [5.41, 5.74) is 1.55. The van der Waals surface area contributed by atoms with E-state index in [-0.39, 0.29) is 23.5 Å². The molecule has 0 amide bonds. The highest BCUT2D eigenvalue weighted by Crippen LogP contribution is 2.21. The maximum Gasteiger partial charge on any atom is 0.156 e. The molecule has 1 unspecified atom stereocenters. The summed E-state index contributed by atoms with van der Waals surface area (Å²) in [6, 6.07) is 9.96. The molecule has 6 nitrogen and oxygen atoms in total. The lowest BCUT2D eigenvalue weighted by Gasteiger charge is -2.21. The van der Waals surface area contributed by atoms with E-state index in [9.17, 15) is 8.42 Å². The van der Waals surface area contributed by atoms with Crippen molar-refractivity contribution in [3.8, 4) is 0 Å². The van der Waals surface area contributed by atoms with E-state index in [0.29, 0.717) is 18.9 Å². The van der Waals surface area contributed by atoms with Crippen LogP contribution in [0.5, 0.6) is 0 Å². The number of hydrogen-bond acceptors (Lipinski definition) is 5. The summed E-state index contributed by atoms with van der Waals surface area (Å²) in [4.78, 5) is 0. The van der Waals surface area contributed by atoms with Gasteiger partial charge in [-0.05, 0) is 24.3 Å². The summed E-state index contributed by atoms with van der Waals surface area (Å²) in [6.07, 6.45) is 3.54. The first-order valence-corrected chi connectivity index (χ1v) is 10.1. The molecular weight excluding hydrogens is 326 g/mol. The molecule has 1 aliphatic heterocycles. The molecule has 2 aromatic rings. The van der Waals surface area contributed by atoms with Gasteiger partial charge < -0.3 is 4.74 Å². The Morgan fingerprint density at radius 3 is 2.67 bits per heavy atom. The van der Waals surface area contributed by atoms with Gasteiger partial charge in [0, 0.05) is 19.4 Å². The van der Waals surface area contributed by atoms with Crippen LogP contribution < -0.4 is 0 Å². The number of ether oxygens (including phenoxy) is 1. The fourth-order valence-electron chi connectivity index (χ4n) is 3.05. The third kappa shape index (κ3) is 4.42. The summed E-state index contributed by atoms with van der Waals surface area (Å²) < 4.78 is 32.1. The summed E-state index contributed by atoms with van der Waals surface area (Å²) in [5, 5.41) is 8.16. The molecule has 1 aliphatic rings. The summed E-state index contributed by atoms with van der Waals surface area (Å²) in [6.45, 7) is 3.37. The van der Waals surface area contributed by atoms with Gasteiger partial charge in [0.05, 0.1) is 23.2 Å². The van der Waals surface area contributed by atoms with Crippen LogP contribution in [0, 0.1) is 0 Å². The number of nitrogens with zero attached hydrogens (tertiary/aromatic N) is 3. The lowest BCUT2D eigenvalue weighted by molar-refractivity contribution is 0.0657. The zero-order valence-electron chi connectivity index (χ0n) is 13.8. The van der Waals surface area contributed by atoms with Gasteiger partial charge >= 0.3 is 0 Å². The first-order valence-electron chi connectivity index (χ1n) is 8.27. The monoisotopic (exact) mass is 349 g/mol. The third-order valence-electron chi connectivity index (χ3n) is 4.36. The van der Waals surface area contributed by atoms with Crippen LogP contribution >= 0.6 is 0 Å². The third-order valence-corrected chi connectivity index (χ3v) is 6.11. The molecule has 0 radical (unpaired) electrons. The average molecular weight is 349 g/mol. The normalized spacial score (nSPS) is 17.7. The molecule has 130 valence electrons. The van der Waals surface area contributed by atoms with Crippen molar-refractivity contribution >= 4 is 9.84 Å². The molecule has 1 aromatic heterocycles. The Bertz CT molecular complexity index is 752. The standard InChI is InChI=1S/C17H23N3O3S/c1-14(15-5-3-2-4-6-15)12-24(21,22)13-16-11-20(19-18-16)17-7-9-23-10-8-17/h2-6,11,14,17H,7-10,12-13H2,1H3. The zero-order chi connectivity index (χ0) is 17.0. The number of sulfone groups is 1.